The van der Waals surface area contributed by atoms with Crippen LogP contribution in [-0.2, 0) is 4.79 Å². The number of carbonyl (C=O) groups excluding carboxylic acids is 1. The van der Waals surface area contributed by atoms with E-state index in [9.17, 15) is 18.0 Å². The van der Waals surface area contributed by atoms with E-state index < -0.39 is 12.1 Å². The molecule has 5 rings (SSSR count). The first-order chi connectivity index (χ1) is 19.5. The first-order valence-electron chi connectivity index (χ1n) is 12.3. The summed E-state index contributed by atoms with van der Waals surface area (Å²) in [7, 11) is 2.08. The van der Waals surface area contributed by atoms with Crippen LogP contribution in [0.4, 0.5) is 24.8 Å². The number of alkyl halides is 3. The maximum absolute atomic E-state index is 12.8. The third-order valence-electron chi connectivity index (χ3n) is 5.96. The minimum atomic E-state index is -5.08. The number of benzene rings is 2. The molecule has 1 unspecified atom stereocenters. The Morgan fingerprint density at radius 2 is 1.90 bits per heavy atom. The zero-order chi connectivity index (χ0) is 29.6. The van der Waals surface area contributed by atoms with Gasteiger partial charge in [-0.25, -0.2) is 9.48 Å². The zero-order valence-corrected chi connectivity index (χ0v) is 22.3. The van der Waals surface area contributed by atoms with Gasteiger partial charge in [0.05, 0.1) is 34.5 Å². The molecule has 3 heterocycles. The van der Waals surface area contributed by atoms with Gasteiger partial charge in [0.15, 0.2) is 0 Å². The number of anilines is 2. The number of rotatable bonds is 6. The Labute approximate surface area is 236 Å². The van der Waals surface area contributed by atoms with Crippen LogP contribution in [0.5, 0.6) is 0 Å². The quantitative estimate of drug-likeness (QED) is 0.306. The topological polar surface area (TPSA) is 143 Å². The van der Waals surface area contributed by atoms with Crippen LogP contribution in [0.3, 0.4) is 0 Å². The van der Waals surface area contributed by atoms with E-state index in [0.29, 0.717) is 27.9 Å². The van der Waals surface area contributed by atoms with Gasteiger partial charge in [-0.3, -0.25) is 4.79 Å². The minimum absolute atomic E-state index is 0.0772. The summed E-state index contributed by atoms with van der Waals surface area (Å²) in [4.78, 5) is 23.9. The van der Waals surface area contributed by atoms with Crippen molar-refractivity contribution in [3.63, 3.8) is 0 Å². The number of hydrogen-bond donors (Lipinski definition) is 3. The monoisotopic (exact) mass is 591 g/mol. The van der Waals surface area contributed by atoms with Crippen molar-refractivity contribution in [2.75, 3.05) is 25.5 Å². The number of carboxylic acids is 1. The number of amides is 1. The predicted octanol–water partition coefficient (Wildman–Crippen LogP) is 3.70. The summed E-state index contributed by atoms with van der Waals surface area (Å²) in [5, 5.41) is 30.2. The number of hydrogen-bond acceptors (Lipinski definition) is 8. The number of carbonyl (C=O) groups is 2. The summed E-state index contributed by atoms with van der Waals surface area (Å²) in [6, 6.07) is 14.9. The molecule has 0 saturated carbocycles. The molecule has 1 saturated heterocycles. The number of likely N-dealkylation sites (N-methyl/N-ethyl adjacent to an activating group) is 1. The second kappa shape index (κ2) is 12.8. The molecule has 3 N–H and O–H groups in total. The second-order valence-corrected chi connectivity index (χ2v) is 9.50. The summed E-state index contributed by atoms with van der Waals surface area (Å²) in [6.07, 6.45) is 0.469. The van der Waals surface area contributed by atoms with Gasteiger partial charge >= 0.3 is 12.1 Å². The van der Waals surface area contributed by atoms with Crippen LogP contribution < -0.4 is 10.6 Å². The lowest BCUT2D eigenvalue weighted by molar-refractivity contribution is -0.192. The fourth-order valence-corrected chi connectivity index (χ4v) is 4.27. The Hall–Kier alpha value is -4.50. The molecule has 1 aliphatic rings. The Morgan fingerprint density at radius 3 is 2.61 bits per heavy atom. The number of aromatic nitrogens is 6. The van der Waals surface area contributed by atoms with Gasteiger partial charge in [-0.1, -0.05) is 34.9 Å². The van der Waals surface area contributed by atoms with E-state index in [2.05, 4.69) is 43.2 Å². The number of piperidine rings is 1. The minimum Gasteiger partial charge on any atom is -0.475 e. The average Bonchev–Trinajstić information content (AvgIpc) is 3.59. The van der Waals surface area contributed by atoms with Crippen molar-refractivity contribution in [3.05, 3.63) is 71.5 Å². The molecule has 41 heavy (non-hydrogen) atoms. The lowest BCUT2D eigenvalue weighted by Crippen LogP contribution is -2.46. The van der Waals surface area contributed by atoms with E-state index in [1.165, 1.54) is 4.68 Å². The average molecular weight is 592 g/mol. The SMILES string of the molecule is CN1CCCC(NC(=O)c2cccc(-n3cc(Nc4nnnn4-c4ccccc4Cl)cn3)c2)C1.O=C(O)C(F)(F)F. The number of nitrogens with one attached hydrogen (secondary N) is 2. The standard InChI is InChI=1S/C23H24ClN9O.C2HF3O2/c1-31-11-5-7-17(14-31)26-22(34)16-6-4-8-19(12-16)32-15-18(13-25-32)27-23-28-29-30-33(23)21-10-3-2-9-20(21)24;3-2(4,5)1(6)7/h2-4,6,8-10,12-13,15,17H,5,7,11,14H2,1H3,(H,26,34)(H,27,28,30);(H,6,7). The van der Waals surface area contributed by atoms with Crippen LogP contribution in [-0.4, -0.2) is 84.2 Å². The van der Waals surface area contributed by atoms with E-state index in [1.54, 1.807) is 23.1 Å². The van der Waals surface area contributed by atoms with Crippen LogP contribution in [0.15, 0.2) is 60.9 Å². The van der Waals surface area contributed by atoms with Crippen molar-refractivity contribution >= 4 is 35.1 Å². The second-order valence-electron chi connectivity index (χ2n) is 9.09. The molecule has 1 atom stereocenters. The molecule has 0 bridgehead atoms. The van der Waals surface area contributed by atoms with Crippen LogP contribution >= 0.6 is 11.6 Å². The maximum atomic E-state index is 12.8. The highest BCUT2D eigenvalue weighted by atomic mass is 35.5. The van der Waals surface area contributed by atoms with Gasteiger partial charge in [0, 0.05) is 18.2 Å². The molecule has 4 aromatic rings. The highest BCUT2D eigenvalue weighted by Crippen LogP contribution is 2.23. The van der Waals surface area contributed by atoms with E-state index >= 15 is 0 Å². The first kappa shape index (κ1) is 29.5. The lowest BCUT2D eigenvalue weighted by Gasteiger charge is -2.30. The Bertz CT molecular complexity index is 1510. The number of nitrogens with zero attached hydrogens (tertiary/aromatic N) is 7. The molecule has 216 valence electrons. The number of para-hydroxylation sites is 1. The van der Waals surface area contributed by atoms with Crippen LogP contribution in [0.25, 0.3) is 11.4 Å². The number of likely N-dealkylation sites (tertiary alicyclic amines) is 1. The third-order valence-corrected chi connectivity index (χ3v) is 6.28. The summed E-state index contributed by atoms with van der Waals surface area (Å²) in [5.41, 5.74) is 2.71. The van der Waals surface area contributed by atoms with Crippen molar-refractivity contribution in [3.8, 4) is 11.4 Å². The number of aliphatic carboxylic acids is 1. The van der Waals surface area contributed by atoms with Gasteiger partial charge < -0.3 is 20.6 Å². The molecule has 1 amide bonds. The predicted molar refractivity (Wildman–Crippen MR) is 143 cm³/mol. The normalized spacial score (nSPS) is 15.5. The molecule has 0 radical (unpaired) electrons. The van der Waals surface area contributed by atoms with E-state index in [1.807, 2.05) is 42.5 Å². The van der Waals surface area contributed by atoms with Crippen LogP contribution in [0.2, 0.25) is 5.02 Å². The van der Waals surface area contributed by atoms with Crippen molar-refractivity contribution < 1.29 is 27.9 Å². The zero-order valence-electron chi connectivity index (χ0n) is 21.6. The molecule has 0 spiro atoms. The largest absolute Gasteiger partial charge is 0.490 e. The summed E-state index contributed by atoms with van der Waals surface area (Å²) < 4.78 is 34.9. The van der Waals surface area contributed by atoms with Crippen molar-refractivity contribution in [1.82, 2.24) is 40.2 Å². The van der Waals surface area contributed by atoms with Crippen molar-refractivity contribution in [2.45, 2.75) is 25.1 Å². The van der Waals surface area contributed by atoms with Gasteiger partial charge in [0.25, 0.3) is 11.9 Å². The van der Waals surface area contributed by atoms with E-state index in [-0.39, 0.29) is 11.9 Å². The van der Waals surface area contributed by atoms with Gasteiger partial charge in [-0.15, -0.1) is 0 Å². The molecular weight excluding hydrogens is 567 g/mol. The molecule has 16 heteroatoms. The fourth-order valence-electron chi connectivity index (χ4n) is 4.05. The van der Waals surface area contributed by atoms with Gasteiger partial charge in [-0.2, -0.15) is 23.0 Å². The van der Waals surface area contributed by atoms with Crippen LogP contribution in [0.1, 0.15) is 23.2 Å². The third kappa shape index (κ3) is 7.79. The molecule has 12 nitrogen and oxygen atoms in total. The summed E-state index contributed by atoms with van der Waals surface area (Å²) in [5.74, 6) is -2.43. The molecule has 2 aromatic heterocycles. The highest BCUT2D eigenvalue weighted by Gasteiger charge is 2.38. The van der Waals surface area contributed by atoms with Gasteiger partial charge in [-0.05, 0) is 67.2 Å². The highest BCUT2D eigenvalue weighted by molar-refractivity contribution is 6.32. The molecule has 0 aliphatic carbocycles. The Balaban J connectivity index is 0.000000493. The number of tetrazole rings is 1. The van der Waals surface area contributed by atoms with Crippen LogP contribution in [0, 0.1) is 0 Å². The van der Waals surface area contributed by atoms with Gasteiger partial charge in [0.2, 0.25) is 0 Å². The van der Waals surface area contributed by atoms with Crippen molar-refractivity contribution in [2.24, 2.45) is 0 Å². The van der Waals surface area contributed by atoms with E-state index in [0.717, 1.165) is 31.6 Å². The Morgan fingerprint density at radius 1 is 1.15 bits per heavy atom. The van der Waals surface area contributed by atoms with Crippen molar-refractivity contribution in [1.29, 1.82) is 0 Å². The summed E-state index contributed by atoms with van der Waals surface area (Å²) >= 11 is 6.29. The number of halogens is 4. The number of carboxylic acid groups (broad SMARTS) is 1. The first-order valence-corrected chi connectivity index (χ1v) is 12.6. The molecule has 1 fully saturated rings. The molecule has 1 aliphatic heterocycles. The molecular formula is C25H25ClF3N9O3. The Kier molecular flexibility index (Phi) is 9.19. The summed E-state index contributed by atoms with van der Waals surface area (Å²) in [6.45, 7) is 1.94. The maximum Gasteiger partial charge on any atom is 0.490 e. The fraction of sp³-hybridized carbons (Fsp3) is 0.280. The molecule has 2 aromatic carbocycles. The lowest BCUT2D eigenvalue weighted by atomic mass is 10.1. The van der Waals surface area contributed by atoms with Gasteiger partial charge in [0.1, 0.15) is 0 Å². The van der Waals surface area contributed by atoms with E-state index in [4.69, 9.17) is 21.5 Å². The smallest absolute Gasteiger partial charge is 0.475 e.